The van der Waals surface area contributed by atoms with Crippen molar-refractivity contribution in [3.63, 3.8) is 0 Å². The van der Waals surface area contributed by atoms with Gasteiger partial charge in [-0.3, -0.25) is 4.68 Å². The summed E-state index contributed by atoms with van der Waals surface area (Å²) in [4.78, 5) is 0. The molecule has 15 heavy (non-hydrogen) atoms. The molecule has 2 atom stereocenters. The Kier molecular flexibility index (Phi) is 2.68. The van der Waals surface area contributed by atoms with Gasteiger partial charge in [-0.1, -0.05) is 0 Å². The van der Waals surface area contributed by atoms with Crippen molar-refractivity contribution < 1.29 is 13.2 Å². The lowest BCUT2D eigenvalue weighted by Crippen LogP contribution is -2.48. The number of halogens is 3. The van der Waals surface area contributed by atoms with Gasteiger partial charge in [0.1, 0.15) is 6.04 Å². The predicted molar refractivity (Wildman–Crippen MR) is 48.3 cm³/mol. The molecule has 0 saturated carbocycles. The van der Waals surface area contributed by atoms with E-state index in [-0.39, 0.29) is 12.5 Å². The molecule has 1 saturated heterocycles. The van der Waals surface area contributed by atoms with Gasteiger partial charge in [-0.2, -0.15) is 18.3 Å². The van der Waals surface area contributed by atoms with Crippen molar-refractivity contribution in [1.29, 1.82) is 0 Å². The molecular weight excluding hydrogens is 207 g/mol. The molecule has 0 aromatic carbocycles. The zero-order valence-electron chi connectivity index (χ0n) is 8.04. The Bertz CT molecular complexity index is 307. The molecule has 0 spiro atoms. The van der Waals surface area contributed by atoms with Gasteiger partial charge >= 0.3 is 6.18 Å². The maximum absolute atomic E-state index is 12.5. The normalized spacial score (nSPS) is 27.9. The van der Waals surface area contributed by atoms with Gasteiger partial charge < -0.3 is 5.32 Å². The zero-order valence-corrected chi connectivity index (χ0v) is 8.04. The molecule has 0 aliphatic carbocycles. The van der Waals surface area contributed by atoms with E-state index in [0.717, 1.165) is 0 Å². The van der Waals surface area contributed by atoms with Crippen LogP contribution in [0.15, 0.2) is 18.5 Å². The Morgan fingerprint density at radius 1 is 1.40 bits per heavy atom. The number of hydrogen-bond donors (Lipinski definition) is 1. The number of piperidine rings is 1. The lowest BCUT2D eigenvalue weighted by molar-refractivity contribution is -0.163. The molecule has 2 heterocycles. The summed E-state index contributed by atoms with van der Waals surface area (Å²) in [6.45, 7) is 0.384. The van der Waals surface area contributed by atoms with E-state index >= 15 is 0 Å². The quantitative estimate of drug-likeness (QED) is 0.779. The standard InChI is InChI=1S/C9H12F3N3/c10-9(11,12)8-6-7(2-4-13-8)15-5-1-3-14-15/h1,3,5,7-8,13H,2,4,6H2. The molecular formula is C9H12F3N3. The first-order chi connectivity index (χ1) is 7.07. The van der Waals surface area contributed by atoms with Crippen LogP contribution in [0.25, 0.3) is 0 Å². The van der Waals surface area contributed by atoms with Crippen molar-refractivity contribution in [1.82, 2.24) is 15.1 Å². The lowest BCUT2D eigenvalue weighted by atomic mass is 9.99. The van der Waals surface area contributed by atoms with E-state index in [4.69, 9.17) is 0 Å². The van der Waals surface area contributed by atoms with E-state index < -0.39 is 12.2 Å². The summed E-state index contributed by atoms with van der Waals surface area (Å²) in [5, 5.41) is 6.46. The average Bonchev–Trinajstić information content (AvgIpc) is 2.69. The summed E-state index contributed by atoms with van der Waals surface area (Å²) in [5.74, 6) is 0. The van der Waals surface area contributed by atoms with E-state index in [2.05, 4.69) is 10.4 Å². The third kappa shape index (κ3) is 2.31. The van der Waals surface area contributed by atoms with Gasteiger partial charge in [0.2, 0.25) is 0 Å². The Morgan fingerprint density at radius 2 is 2.20 bits per heavy atom. The highest BCUT2D eigenvalue weighted by Gasteiger charge is 2.42. The van der Waals surface area contributed by atoms with Crippen molar-refractivity contribution in [3.8, 4) is 0 Å². The van der Waals surface area contributed by atoms with E-state index in [1.807, 2.05) is 0 Å². The van der Waals surface area contributed by atoms with Gasteiger partial charge in [-0.25, -0.2) is 0 Å². The minimum absolute atomic E-state index is 0.0607. The second kappa shape index (κ2) is 3.84. The number of nitrogens with one attached hydrogen (secondary N) is 1. The van der Waals surface area contributed by atoms with Crippen LogP contribution in [0.1, 0.15) is 18.9 Å². The van der Waals surface area contributed by atoms with E-state index in [0.29, 0.717) is 13.0 Å². The minimum Gasteiger partial charge on any atom is -0.306 e. The third-order valence-corrected chi connectivity index (χ3v) is 2.67. The van der Waals surface area contributed by atoms with Crippen LogP contribution < -0.4 is 5.32 Å². The molecule has 3 nitrogen and oxygen atoms in total. The maximum Gasteiger partial charge on any atom is 0.403 e. The molecule has 1 fully saturated rings. The van der Waals surface area contributed by atoms with Crippen LogP contribution in [0.2, 0.25) is 0 Å². The van der Waals surface area contributed by atoms with Gasteiger partial charge in [0.05, 0.1) is 6.04 Å². The predicted octanol–water partition coefficient (Wildman–Crippen LogP) is 1.74. The average molecular weight is 219 g/mol. The van der Waals surface area contributed by atoms with E-state index in [9.17, 15) is 13.2 Å². The number of rotatable bonds is 1. The molecule has 1 N–H and O–H groups in total. The fourth-order valence-electron chi connectivity index (χ4n) is 1.88. The van der Waals surface area contributed by atoms with Crippen molar-refractivity contribution in [2.45, 2.75) is 31.1 Å². The molecule has 0 bridgehead atoms. The summed E-state index contributed by atoms with van der Waals surface area (Å²) >= 11 is 0. The molecule has 2 unspecified atom stereocenters. The molecule has 6 heteroatoms. The highest BCUT2D eigenvalue weighted by Crippen LogP contribution is 2.30. The van der Waals surface area contributed by atoms with Gasteiger partial charge in [0.15, 0.2) is 0 Å². The largest absolute Gasteiger partial charge is 0.403 e. The Balaban J connectivity index is 2.05. The molecule has 0 radical (unpaired) electrons. The zero-order chi connectivity index (χ0) is 10.9. The van der Waals surface area contributed by atoms with Gasteiger partial charge in [0.25, 0.3) is 0 Å². The van der Waals surface area contributed by atoms with E-state index in [1.54, 1.807) is 23.1 Å². The van der Waals surface area contributed by atoms with Gasteiger partial charge in [-0.15, -0.1) is 0 Å². The first-order valence-corrected chi connectivity index (χ1v) is 4.86. The smallest absolute Gasteiger partial charge is 0.306 e. The number of aromatic nitrogens is 2. The first kappa shape index (κ1) is 10.5. The molecule has 1 aromatic heterocycles. The number of alkyl halides is 3. The molecule has 1 aliphatic rings. The van der Waals surface area contributed by atoms with Gasteiger partial charge in [-0.05, 0) is 25.5 Å². The summed E-state index contributed by atoms with van der Waals surface area (Å²) in [5.41, 5.74) is 0. The summed E-state index contributed by atoms with van der Waals surface area (Å²) in [6, 6.07) is 0.179. The van der Waals surface area contributed by atoms with Crippen LogP contribution in [-0.4, -0.2) is 28.5 Å². The molecule has 1 aromatic rings. The second-order valence-electron chi connectivity index (χ2n) is 3.71. The highest BCUT2D eigenvalue weighted by molar-refractivity contribution is 4.89. The van der Waals surface area contributed by atoms with Crippen molar-refractivity contribution in [2.75, 3.05) is 6.54 Å². The van der Waals surface area contributed by atoms with Crippen LogP contribution in [0.3, 0.4) is 0 Å². The van der Waals surface area contributed by atoms with Crippen molar-refractivity contribution in [2.24, 2.45) is 0 Å². The SMILES string of the molecule is FC(F)(F)C1CC(n2cccn2)CCN1. The van der Waals surface area contributed by atoms with Crippen LogP contribution in [0, 0.1) is 0 Å². The van der Waals surface area contributed by atoms with Crippen molar-refractivity contribution >= 4 is 0 Å². The molecule has 0 amide bonds. The highest BCUT2D eigenvalue weighted by atomic mass is 19.4. The van der Waals surface area contributed by atoms with Gasteiger partial charge in [0, 0.05) is 12.4 Å². The Hall–Kier alpha value is -1.04. The van der Waals surface area contributed by atoms with E-state index in [1.165, 1.54) is 0 Å². The molecule has 84 valence electrons. The molecule has 2 rings (SSSR count). The van der Waals surface area contributed by atoms with Crippen LogP contribution in [0.4, 0.5) is 13.2 Å². The summed E-state index contributed by atoms with van der Waals surface area (Å²) < 4.78 is 39.0. The van der Waals surface area contributed by atoms with Crippen LogP contribution in [0.5, 0.6) is 0 Å². The summed E-state index contributed by atoms with van der Waals surface area (Å²) in [7, 11) is 0. The van der Waals surface area contributed by atoms with Crippen LogP contribution >= 0.6 is 0 Å². The number of nitrogens with zero attached hydrogens (tertiary/aromatic N) is 2. The lowest BCUT2D eigenvalue weighted by Gasteiger charge is -2.31. The maximum atomic E-state index is 12.5. The third-order valence-electron chi connectivity index (χ3n) is 2.67. The Labute approximate surface area is 85.3 Å². The second-order valence-corrected chi connectivity index (χ2v) is 3.71. The fraction of sp³-hybridized carbons (Fsp3) is 0.667. The minimum atomic E-state index is -4.16. The summed E-state index contributed by atoms with van der Waals surface area (Å²) in [6.07, 6.45) is -0.112. The topological polar surface area (TPSA) is 29.9 Å². The first-order valence-electron chi connectivity index (χ1n) is 4.86. The van der Waals surface area contributed by atoms with Crippen LogP contribution in [-0.2, 0) is 0 Å². The number of hydrogen-bond acceptors (Lipinski definition) is 2. The van der Waals surface area contributed by atoms with Crippen molar-refractivity contribution in [3.05, 3.63) is 18.5 Å². The fourth-order valence-corrected chi connectivity index (χ4v) is 1.88. The Morgan fingerprint density at radius 3 is 2.80 bits per heavy atom. The monoisotopic (exact) mass is 219 g/mol. The molecule has 1 aliphatic heterocycles.